The first-order valence-electron chi connectivity index (χ1n) is 9.72. The van der Waals surface area contributed by atoms with E-state index >= 15 is 0 Å². The molecule has 1 saturated heterocycles. The Hall–Kier alpha value is -2.48. The van der Waals surface area contributed by atoms with Crippen LogP contribution in [0.1, 0.15) is 59.8 Å². The van der Waals surface area contributed by atoms with Gasteiger partial charge in [-0.3, -0.25) is 10.5 Å². The zero-order valence-electron chi connectivity index (χ0n) is 16.0. The lowest BCUT2D eigenvalue weighted by Crippen LogP contribution is -2.37. The Bertz CT molecular complexity index is 831. The first-order chi connectivity index (χ1) is 13.2. The van der Waals surface area contributed by atoms with Gasteiger partial charge in [-0.05, 0) is 26.2 Å². The molecule has 0 aromatic carbocycles. The molecule has 0 unspecified atom stereocenters. The van der Waals surface area contributed by atoms with Crippen LogP contribution in [0.2, 0.25) is 0 Å². The van der Waals surface area contributed by atoms with Gasteiger partial charge in [-0.25, -0.2) is 9.98 Å². The van der Waals surface area contributed by atoms with E-state index in [9.17, 15) is 0 Å². The Morgan fingerprint density at radius 2 is 2.22 bits per heavy atom. The molecule has 4 rings (SSSR count). The van der Waals surface area contributed by atoms with Crippen LogP contribution in [0.4, 0.5) is 0 Å². The van der Waals surface area contributed by atoms with Gasteiger partial charge in [-0.2, -0.15) is 5.10 Å². The molecule has 8 nitrogen and oxygen atoms in total. The summed E-state index contributed by atoms with van der Waals surface area (Å²) in [5, 5.41) is 15.2. The molecule has 0 saturated carbocycles. The Balaban J connectivity index is 1.68. The van der Waals surface area contributed by atoms with Crippen molar-refractivity contribution in [1.82, 2.24) is 25.1 Å². The highest BCUT2D eigenvalue weighted by Gasteiger charge is 2.29. The van der Waals surface area contributed by atoms with Gasteiger partial charge in [-0.1, -0.05) is 6.92 Å². The fraction of sp³-hybridized carbons (Fsp3) is 0.579. The summed E-state index contributed by atoms with van der Waals surface area (Å²) in [7, 11) is 0. The average molecular weight is 369 g/mol. The number of amidine groups is 1. The Labute approximate surface area is 159 Å². The van der Waals surface area contributed by atoms with E-state index in [1.807, 2.05) is 6.92 Å². The maximum Gasteiger partial charge on any atom is 0.156 e. The third-order valence-electron chi connectivity index (χ3n) is 5.52. The van der Waals surface area contributed by atoms with Crippen molar-refractivity contribution in [2.45, 2.75) is 52.0 Å². The van der Waals surface area contributed by atoms with Crippen molar-refractivity contribution >= 4 is 12.2 Å². The van der Waals surface area contributed by atoms with Crippen LogP contribution in [0.25, 0.3) is 0 Å². The lowest BCUT2D eigenvalue weighted by atomic mass is 9.94. The normalized spacial score (nSPS) is 18.6. The summed E-state index contributed by atoms with van der Waals surface area (Å²) in [6.07, 6.45) is 4.89. The third kappa shape index (κ3) is 3.41. The fourth-order valence-corrected chi connectivity index (χ4v) is 4.14. The van der Waals surface area contributed by atoms with Gasteiger partial charge < -0.3 is 14.6 Å². The second-order valence-corrected chi connectivity index (χ2v) is 7.20. The molecule has 8 heteroatoms. The van der Waals surface area contributed by atoms with Crippen LogP contribution in [0, 0.1) is 12.3 Å². The Morgan fingerprint density at radius 3 is 2.96 bits per heavy atom. The number of ether oxygens (including phenoxy) is 1. The molecule has 144 valence electrons. The molecule has 0 radical (unpaired) electrons. The van der Waals surface area contributed by atoms with Gasteiger partial charge in [-0.15, -0.1) is 0 Å². The van der Waals surface area contributed by atoms with Crippen LogP contribution in [-0.2, 0) is 24.1 Å². The number of hydrogen-bond acceptors (Lipinski definition) is 4. The second-order valence-electron chi connectivity index (χ2n) is 7.20. The van der Waals surface area contributed by atoms with Crippen LogP contribution in [0.3, 0.4) is 0 Å². The molecule has 1 fully saturated rings. The second kappa shape index (κ2) is 7.64. The Morgan fingerprint density at radius 1 is 1.41 bits per heavy atom. The standard InChI is InChI=1S/C19H27N7O/c1-3-15-14-10-26(7-4-16(14)25-24-15)19(21-11-20)18-17(22-12(2)23-18)13-5-8-27-9-6-13/h11,13,20H,3-10H2,1-2H3,(H,22,23)(H,24,25)/b20-11?,21-19+. The van der Waals surface area contributed by atoms with E-state index in [1.165, 1.54) is 11.3 Å². The molecule has 2 aliphatic rings. The van der Waals surface area contributed by atoms with Gasteiger partial charge in [0.25, 0.3) is 0 Å². The summed E-state index contributed by atoms with van der Waals surface area (Å²) in [6, 6.07) is 0. The summed E-state index contributed by atoms with van der Waals surface area (Å²) < 4.78 is 5.52. The van der Waals surface area contributed by atoms with Crippen molar-refractivity contribution in [1.29, 1.82) is 5.41 Å². The highest BCUT2D eigenvalue weighted by atomic mass is 16.5. The quantitative estimate of drug-likeness (QED) is 0.568. The van der Waals surface area contributed by atoms with Gasteiger partial charge in [0.05, 0.1) is 11.4 Å². The summed E-state index contributed by atoms with van der Waals surface area (Å²) in [5.74, 6) is 2.07. The molecule has 3 N–H and O–H groups in total. The number of aromatic nitrogens is 4. The van der Waals surface area contributed by atoms with Crippen molar-refractivity contribution in [2.24, 2.45) is 4.99 Å². The summed E-state index contributed by atoms with van der Waals surface area (Å²) in [4.78, 5) is 14.9. The van der Waals surface area contributed by atoms with E-state index in [-0.39, 0.29) is 0 Å². The number of H-pyrrole nitrogens is 2. The lowest BCUT2D eigenvalue weighted by Gasteiger charge is -2.30. The smallest absolute Gasteiger partial charge is 0.156 e. The lowest BCUT2D eigenvalue weighted by molar-refractivity contribution is 0.0845. The summed E-state index contributed by atoms with van der Waals surface area (Å²) in [6.45, 7) is 7.25. The molecule has 0 amide bonds. The minimum atomic E-state index is 0.370. The number of rotatable bonds is 4. The predicted octanol–water partition coefficient (Wildman–Crippen LogP) is 2.31. The van der Waals surface area contributed by atoms with Crippen molar-refractivity contribution in [2.75, 3.05) is 19.8 Å². The molecule has 2 aromatic heterocycles. The maximum atomic E-state index is 7.60. The number of hydrogen-bond donors (Lipinski definition) is 3. The molecule has 2 aromatic rings. The number of nitrogens with zero attached hydrogens (tertiary/aromatic N) is 4. The van der Waals surface area contributed by atoms with Gasteiger partial charge >= 0.3 is 0 Å². The van der Waals surface area contributed by atoms with E-state index in [2.05, 4.69) is 32.0 Å². The van der Waals surface area contributed by atoms with E-state index in [0.717, 1.165) is 87.1 Å². The summed E-state index contributed by atoms with van der Waals surface area (Å²) in [5.41, 5.74) is 5.63. The average Bonchev–Trinajstić information content (AvgIpc) is 3.29. The predicted molar refractivity (Wildman–Crippen MR) is 104 cm³/mol. The molecule has 0 aliphatic carbocycles. The molecule has 0 spiro atoms. The number of aryl methyl sites for hydroxylation is 2. The Kier molecular flexibility index (Phi) is 5.07. The van der Waals surface area contributed by atoms with E-state index in [0.29, 0.717) is 5.92 Å². The monoisotopic (exact) mass is 369 g/mol. The number of nitrogens with one attached hydrogen (secondary N) is 3. The largest absolute Gasteiger partial charge is 0.381 e. The van der Waals surface area contributed by atoms with Gasteiger partial charge in [0.15, 0.2) is 5.84 Å². The van der Waals surface area contributed by atoms with Crippen LogP contribution in [0.5, 0.6) is 0 Å². The molecule has 4 heterocycles. The molecule has 27 heavy (non-hydrogen) atoms. The zero-order valence-corrected chi connectivity index (χ0v) is 16.0. The number of fused-ring (bicyclic) bond motifs is 1. The van der Waals surface area contributed by atoms with Gasteiger partial charge in [0.2, 0.25) is 0 Å². The van der Waals surface area contributed by atoms with Crippen LogP contribution in [-0.4, -0.2) is 57.0 Å². The maximum absolute atomic E-state index is 7.60. The minimum Gasteiger partial charge on any atom is -0.381 e. The van der Waals surface area contributed by atoms with E-state index in [1.54, 1.807) is 0 Å². The molecular formula is C19H27N7O. The fourth-order valence-electron chi connectivity index (χ4n) is 4.14. The first kappa shape index (κ1) is 17.9. The summed E-state index contributed by atoms with van der Waals surface area (Å²) >= 11 is 0. The highest BCUT2D eigenvalue weighted by Crippen LogP contribution is 2.30. The molecule has 0 atom stereocenters. The highest BCUT2D eigenvalue weighted by molar-refractivity contribution is 6.01. The van der Waals surface area contributed by atoms with Gasteiger partial charge in [0, 0.05) is 49.9 Å². The molecule has 0 bridgehead atoms. The molecular weight excluding hydrogens is 342 g/mol. The molecule has 2 aliphatic heterocycles. The van der Waals surface area contributed by atoms with Crippen molar-refractivity contribution in [3.63, 3.8) is 0 Å². The van der Waals surface area contributed by atoms with Crippen LogP contribution in [0.15, 0.2) is 4.99 Å². The number of aromatic amines is 2. The minimum absolute atomic E-state index is 0.370. The van der Waals surface area contributed by atoms with Gasteiger partial charge in [0.1, 0.15) is 17.9 Å². The van der Waals surface area contributed by atoms with Crippen molar-refractivity contribution < 1.29 is 4.74 Å². The van der Waals surface area contributed by atoms with Crippen LogP contribution < -0.4 is 0 Å². The van der Waals surface area contributed by atoms with E-state index in [4.69, 9.17) is 15.1 Å². The topological polar surface area (TPSA) is 106 Å². The van der Waals surface area contributed by atoms with E-state index < -0.39 is 0 Å². The first-order valence-corrected chi connectivity index (χ1v) is 9.72. The third-order valence-corrected chi connectivity index (χ3v) is 5.52. The number of aliphatic imine (C=N–C) groups is 1. The van der Waals surface area contributed by atoms with Crippen molar-refractivity contribution in [3.05, 3.63) is 34.2 Å². The van der Waals surface area contributed by atoms with Crippen molar-refractivity contribution in [3.8, 4) is 0 Å². The number of imidazole rings is 1. The zero-order chi connectivity index (χ0) is 18.8. The van der Waals surface area contributed by atoms with Crippen LogP contribution >= 0.6 is 0 Å². The SMILES string of the molecule is CCc1n[nH]c2c1CN(/C(=N/C=N)c1[nH]c(C)nc1C1CCOCC1)CC2.